The van der Waals surface area contributed by atoms with Crippen LogP contribution in [0.4, 0.5) is 5.69 Å². The summed E-state index contributed by atoms with van der Waals surface area (Å²) in [5.41, 5.74) is 4.55. The largest absolute Gasteiger partial charge is 0.324 e. The Morgan fingerprint density at radius 1 is 1.20 bits per heavy atom. The average molecular weight is 289 g/mol. The fourth-order valence-electron chi connectivity index (χ4n) is 2.18. The van der Waals surface area contributed by atoms with Crippen molar-refractivity contribution < 1.29 is 4.79 Å². The molecule has 1 N–H and O–H groups in total. The van der Waals surface area contributed by atoms with Gasteiger partial charge in [-0.3, -0.25) is 9.78 Å². The van der Waals surface area contributed by atoms with Gasteiger partial charge >= 0.3 is 0 Å². The molecule has 3 nitrogen and oxygen atoms in total. The van der Waals surface area contributed by atoms with Gasteiger partial charge in [-0.05, 0) is 50.1 Å². The summed E-state index contributed by atoms with van der Waals surface area (Å²) in [6.45, 7) is 5.82. The first-order valence-corrected chi connectivity index (χ1v) is 6.82. The van der Waals surface area contributed by atoms with Gasteiger partial charge in [0.05, 0.1) is 17.8 Å². The van der Waals surface area contributed by atoms with E-state index in [-0.39, 0.29) is 5.91 Å². The fourth-order valence-corrected chi connectivity index (χ4v) is 2.31. The van der Waals surface area contributed by atoms with Crippen LogP contribution in [0.3, 0.4) is 0 Å². The molecular formula is C16H17ClN2O. The van der Waals surface area contributed by atoms with Crippen LogP contribution in [0.15, 0.2) is 30.3 Å². The lowest BCUT2D eigenvalue weighted by atomic mass is 10.1. The van der Waals surface area contributed by atoms with Gasteiger partial charge in [-0.15, -0.1) is 0 Å². The van der Waals surface area contributed by atoms with E-state index in [1.54, 1.807) is 12.1 Å². The molecule has 20 heavy (non-hydrogen) atoms. The number of anilines is 1. The molecule has 0 unspecified atom stereocenters. The van der Waals surface area contributed by atoms with Crippen molar-refractivity contribution in [2.24, 2.45) is 0 Å². The molecule has 0 aliphatic carbocycles. The maximum Gasteiger partial charge on any atom is 0.228 e. The maximum atomic E-state index is 12.1. The molecule has 0 saturated carbocycles. The Hall–Kier alpha value is -1.87. The molecule has 0 radical (unpaired) electrons. The van der Waals surface area contributed by atoms with Crippen molar-refractivity contribution in [2.45, 2.75) is 27.2 Å². The van der Waals surface area contributed by atoms with E-state index < -0.39 is 0 Å². The fraction of sp³-hybridized carbons (Fsp3) is 0.250. The summed E-state index contributed by atoms with van der Waals surface area (Å²) >= 11 is 5.83. The molecule has 0 aliphatic heterocycles. The summed E-state index contributed by atoms with van der Waals surface area (Å²) in [5.74, 6) is -0.0517. The topological polar surface area (TPSA) is 42.0 Å². The summed E-state index contributed by atoms with van der Waals surface area (Å²) in [6.07, 6.45) is 0.323. The van der Waals surface area contributed by atoms with E-state index in [0.717, 1.165) is 28.2 Å². The van der Waals surface area contributed by atoms with Crippen molar-refractivity contribution in [3.05, 3.63) is 57.9 Å². The van der Waals surface area contributed by atoms with E-state index in [2.05, 4.69) is 10.3 Å². The quantitative estimate of drug-likeness (QED) is 0.932. The number of carbonyl (C=O) groups excluding carboxylic acids is 1. The Labute approximate surface area is 124 Å². The summed E-state index contributed by atoms with van der Waals surface area (Å²) < 4.78 is 0. The minimum atomic E-state index is -0.0517. The van der Waals surface area contributed by atoms with Gasteiger partial charge in [-0.2, -0.15) is 0 Å². The number of amides is 1. The predicted octanol–water partition coefficient (Wildman–Crippen LogP) is 3.84. The first kappa shape index (κ1) is 14.5. The van der Waals surface area contributed by atoms with Crippen LogP contribution in [0.5, 0.6) is 0 Å². The molecule has 1 heterocycles. The van der Waals surface area contributed by atoms with Gasteiger partial charge in [0, 0.05) is 10.7 Å². The summed E-state index contributed by atoms with van der Waals surface area (Å²) in [5, 5.41) is 3.60. The molecule has 0 atom stereocenters. The van der Waals surface area contributed by atoms with Gasteiger partial charge in [0.2, 0.25) is 5.91 Å². The van der Waals surface area contributed by atoms with Crippen LogP contribution >= 0.6 is 11.6 Å². The number of hydrogen-bond acceptors (Lipinski definition) is 2. The van der Waals surface area contributed by atoms with E-state index >= 15 is 0 Å². The molecule has 104 valence electrons. The minimum absolute atomic E-state index is 0.0517. The Morgan fingerprint density at radius 2 is 1.85 bits per heavy atom. The van der Waals surface area contributed by atoms with Crippen molar-refractivity contribution in [3.8, 4) is 0 Å². The second-order valence-corrected chi connectivity index (χ2v) is 5.33. The second kappa shape index (κ2) is 6.06. The van der Waals surface area contributed by atoms with Crippen molar-refractivity contribution in [1.29, 1.82) is 0 Å². The van der Waals surface area contributed by atoms with Crippen LogP contribution in [0, 0.1) is 20.8 Å². The molecule has 2 rings (SSSR count). The standard InChI is InChI=1S/C16H17ClN2O/c1-10-8-11(2)18-12(3)16(10)19-15(20)9-13-4-6-14(17)7-5-13/h4-8H,9H2,1-3H3,(H,19,20). The summed E-state index contributed by atoms with van der Waals surface area (Å²) in [4.78, 5) is 16.5. The summed E-state index contributed by atoms with van der Waals surface area (Å²) in [7, 11) is 0. The molecule has 0 fully saturated rings. The lowest BCUT2D eigenvalue weighted by Crippen LogP contribution is -2.16. The number of hydrogen-bond donors (Lipinski definition) is 1. The number of nitrogens with one attached hydrogen (secondary N) is 1. The second-order valence-electron chi connectivity index (χ2n) is 4.89. The molecule has 4 heteroatoms. The van der Waals surface area contributed by atoms with Crippen LogP contribution in [0.25, 0.3) is 0 Å². The molecule has 0 aliphatic rings. The van der Waals surface area contributed by atoms with Gasteiger partial charge in [-0.25, -0.2) is 0 Å². The van der Waals surface area contributed by atoms with E-state index in [4.69, 9.17) is 11.6 Å². The number of nitrogens with zero attached hydrogens (tertiary/aromatic N) is 1. The highest BCUT2D eigenvalue weighted by Crippen LogP contribution is 2.19. The highest BCUT2D eigenvalue weighted by atomic mass is 35.5. The molecule has 2 aromatic rings. The number of benzene rings is 1. The zero-order valence-corrected chi connectivity index (χ0v) is 12.6. The van der Waals surface area contributed by atoms with Gasteiger partial charge < -0.3 is 5.32 Å². The number of halogens is 1. The molecule has 1 aromatic carbocycles. The minimum Gasteiger partial charge on any atom is -0.324 e. The van der Waals surface area contributed by atoms with E-state index in [9.17, 15) is 4.79 Å². The number of rotatable bonds is 3. The number of pyridine rings is 1. The third-order valence-electron chi connectivity index (χ3n) is 3.07. The molecular weight excluding hydrogens is 272 g/mol. The smallest absolute Gasteiger partial charge is 0.228 e. The molecule has 1 amide bonds. The Kier molecular flexibility index (Phi) is 4.40. The molecule has 0 spiro atoms. The zero-order chi connectivity index (χ0) is 14.7. The van der Waals surface area contributed by atoms with Crippen molar-refractivity contribution in [2.75, 3.05) is 5.32 Å². The molecule has 0 bridgehead atoms. The first-order chi connectivity index (χ1) is 9.45. The van der Waals surface area contributed by atoms with Crippen LogP contribution in [0.2, 0.25) is 5.02 Å². The van der Waals surface area contributed by atoms with Crippen LogP contribution in [0.1, 0.15) is 22.5 Å². The van der Waals surface area contributed by atoms with Gasteiger partial charge in [0.25, 0.3) is 0 Å². The van der Waals surface area contributed by atoms with Crippen molar-refractivity contribution >= 4 is 23.2 Å². The SMILES string of the molecule is Cc1cc(C)c(NC(=O)Cc2ccc(Cl)cc2)c(C)n1. The van der Waals surface area contributed by atoms with E-state index in [1.807, 2.05) is 39.0 Å². The van der Waals surface area contributed by atoms with Gasteiger partial charge in [-0.1, -0.05) is 23.7 Å². The summed E-state index contributed by atoms with van der Waals surface area (Å²) in [6, 6.07) is 9.25. The highest BCUT2D eigenvalue weighted by Gasteiger charge is 2.10. The zero-order valence-electron chi connectivity index (χ0n) is 11.8. The monoisotopic (exact) mass is 288 g/mol. The van der Waals surface area contributed by atoms with E-state index in [0.29, 0.717) is 11.4 Å². The lowest BCUT2D eigenvalue weighted by Gasteiger charge is -2.12. The Bertz CT molecular complexity index is 612. The first-order valence-electron chi connectivity index (χ1n) is 6.45. The average Bonchev–Trinajstić information content (AvgIpc) is 2.36. The van der Waals surface area contributed by atoms with Crippen LogP contribution in [-0.2, 0) is 11.2 Å². The normalized spacial score (nSPS) is 10.4. The number of aromatic nitrogens is 1. The number of aryl methyl sites for hydroxylation is 3. The predicted molar refractivity (Wildman–Crippen MR) is 82.2 cm³/mol. The third kappa shape index (κ3) is 3.58. The Morgan fingerprint density at radius 3 is 2.45 bits per heavy atom. The molecule has 0 saturated heterocycles. The molecule has 1 aromatic heterocycles. The maximum absolute atomic E-state index is 12.1. The Balaban J connectivity index is 2.10. The van der Waals surface area contributed by atoms with Crippen molar-refractivity contribution in [1.82, 2.24) is 4.98 Å². The third-order valence-corrected chi connectivity index (χ3v) is 3.32. The lowest BCUT2D eigenvalue weighted by molar-refractivity contribution is -0.115. The van der Waals surface area contributed by atoms with Crippen LogP contribution in [-0.4, -0.2) is 10.9 Å². The van der Waals surface area contributed by atoms with Gasteiger partial charge in [0.1, 0.15) is 0 Å². The van der Waals surface area contributed by atoms with E-state index in [1.165, 1.54) is 0 Å². The van der Waals surface area contributed by atoms with Crippen molar-refractivity contribution in [3.63, 3.8) is 0 Å². The van der Waals surface area contributed by atoms with Gasteiger partial charge in [0.15, 0.2) is 0 Å². The number of carbonyl (C=O) groups is 1. The van der Waals surface area contributed by atoms with Crippen LogP contribution < -0.4 is 5.32 Å². The highest BCUT2D eigenvalue weighted by molar-refractivity contribution is 6.30.